The van der Waals surface area contributed by atoms with Crippen molar-refractivity contribution in [3.63, 3.8) is 0 Å². The van der Waals surface area contributed by atoms with Crippen LogP contribution in [-0.2, 0) is 22.8 Å². The molecule has 3 rings (SSSR count). The summed E-state index contributed by atoms with van der Waals surface area (Å²) >= 11 is 0. The highest BCUT2D eigenvalue weighted by Gasteiger charge is 2.37. The van der Waals surface area contributed by atoms with E-state index in [0.29, 0.717) is 13.0 Å². The fourth-order valence-corrected chi connectivity index (χ4v) is 4.37. The zero-order valence-corrected chi connectivity index (χ0v) is 14.6. The molecular weight excluding hydrogens is 330 g/mol. The third-order valence-corrected chi connectivity index (χ3v) is 5.90. The molecule has 130 valence electrons. The van der Waals surface area contributed by atoms with Crippen LogP contribution < -0.4 is 0 Å². The van der Waals surface area contributed by atoms with Gasteiger partial charge in [-0.1, -0.05) is 6.92 Å². The lowest BCUT2D eigenvalue weighted by atomic mass is 10.1. The van der Waals surface area contributed by atoms with Crippen LogP contribution >= 0.6 is 0 Å². The molecule has 3 heterocycles. The Bertz CT molecular complexity index is 837. The standard InChI is InChI=1S/C16H21N3O4S/c1-3-13-5-6-15(23-13)16(20)19-7-8-24(21,22)11-14(19)12-9-17-18(4-2)10-12/h5-6,9-10,14H,3-4,7-8,11H2,1-2H3. The number of rotatable bonds is 4. The lowest BCUT2D eigenvalue weighted by molar-refractivity contribution is 0.0663. The number of sulfone groups is 1. The summed E-state index contributed by atoms with van der Waals surface area (Å²) < 4.78 is 31.4. The Morgan fingerprint density at radius 2 is 2.17 bits per heavy atom. The van der Waals surface area contributed by atoms with E-state index in [1.54, 1.807) is 34.1 Å². The van der Waals surface area contributed by atoms with E-state index in [4.69, 9.17) is 4.42 Å². The number of amides is 1. The van der Waals surface area contributed by atoms with Crippen LogP contribution in [0.1, 0.15) is 41.8 Å². The van der Waals surface area contributed by atoms with Gasteiger partial charge in [0.15, 0.2) is 15.6 Å². The van der Waals surface area contributed by atoms with Crippen LogP contribution in [0, 0.1) is 0 Å². The van der Waals surface area contributed by atoms with Crippen LogP contribution in [0.4, 0.5) is 0 Å². The maximum Gasteiger partial charge on any atom is 0.290 e. The smallest absolute Gasteiger partial charge is 0.290 e. The summed E-state index contributed by atoms with van der Waals surface area (Å²) in [5.74, 6) is 0.588. The van der Waals surface area contributed by atoms with Crippen molar-refractivity contribution in [2.24, 2.45) is 0 Å². The van der Waals surface area contributed by atoms with E-state index in [1.807, 2.05) is 13.8 Å². The summed E-state index contributed by atoms with van der Waals surface area (Å²) in [6.45, 7) is 4.74. The number of carbonyl (C=O) groups excluding carboxylic acids is 1. The van der Waals surface area contributed by atoms with E-state index in [0.717, 1.165) is 11.3 Å². The minimum Gasteiger partial charge on any atom is -0.456 e. The van der Waals surface area contributed by atoms with Gasteiger partial charge in [-0.2, -0.15) is 5.10 Å². The second kappa shape index (κ2) is 6.43. The van der Waals surface area contributed by atoms with E-state index >= 15 is 0 Å². The molecule has 1 amide bonds. The fourth-order valence-electron chi connectivity index (χ4n) is 2.88. The average molecular weight is 351 g/mol. The molecule has 1 unspecified atom stereocenters. The van der Waals surface area contributed by atoms with Gasteiger partial charge in [-0.05, 0) is 19.1 Å². The molecule has 0 bridgehead atoms. The number of aryl methyl sites for hydroxylation is 2. The fraction of sp³-hybridized carbons (Fsp3) is 0.500. The topological polar surface area (TPSA) is 85.4 Å². The number of hydrogen-bond acceptors (Lipinski definition) is 5. The molecule has 2 aromatic heterocycles. The lowest BCUT2D eigenvalue weighted by Crippen LogP contribution is -2.46. The van der Waals surface area contributed by atoms with Crippen molar-refractivity contribution in [1.82, 2.24) is 14.7 Å². The zero-order valence-electron chi connectivity index (χ0n) is 13.8. The van der Waals surface area contributed by atoms with Crippen molar-refractivity contribution >= 4 is 15.7 Å². The SMILES string of the molecule is CCc1ccc(C(=O)N2CCS(=O)(=O)CC2c2cnn(CC)c2)o1. The third-order valence-electron chi connectivity index (χ3n) is 4.27. The first-order valence-corrected chi connectivity index (χ1v) is 9.88. The highest BCUT2D eigenvalue weighted by Crippen LogP contribution is 2.28. The van der Waals surface area contributed by atoms with Gasteiger partial charge in [0.2, 0.25) is 0 Å². The minimum absolute atomic E-state index is 0.0293. The Labute approximate surface area is 141 Å². The maximum absolute atomic E-state index is 12.8. The van der Waals surface area contributed by atoms with Crippen LogP contribution in [0.25, 0.3) is 0 Å². The molecule has 1 aliphatic rings. The molecule has 1 saturated heterocycles. The largest absolute Gasteiger partial charge is 0.456 e. The Balaban J connectivity index is 1.92. The summed E-state index contributed by atoms with van der Waals surface area (Å²) in [6.07, 6.45) is 4.13. The molecular formula is C16H21N3O4S. The van der Waals surface area contributed by atoms with E-state index in [2.05, 4.69) is 5.10 Å². The van der Waals surface area contributed by atoms with Crippen molar-refractivity contribution in [2.45, 2.75) is 32.9 Å². The van der Waals surface area contributed by atoms with E-state index < -0.39 is 15.9 Å². The van der Waals surface area contributed by atoms with Gasteiger partial charge in [0, 0.05) is 31.3 Å². The number of furan rings is 1. The lowest BCUT2D eigenvalue weighted by Gasteiger charge is -2.34. The average Bonchev–Trinajstić information content (AvgIpc) is 3.22. The molecule has 1 atom stereocenters. The van der Waals surface area contributed by atoms with Crippen molar-refractivity contribution in [3.05, 3.63) is 41.6 Å². The normalized spacial score (nSPS) is 20.2. The van der Waals surface area contributed by atoms with Crippen molar-refractivity contribution in [3.8, 4) is 0 Å². The van der Waals surface area contributed by atoms with Gasteiger partial charge in [0.1, 0.15) is 5.76 Å². The summed E-state index contributed by atoms with van der Waals surface area (Å²) in [5.41, 5.74) is 0.732. The highest BCUT2D eigenvalue weighted by atomic mass is 32.2. The number of hydrogen-bond donors (Lipinski definition) is 0. The summed E-state index contributed by atoms with van der Waals surface area (Å²) in [7, 11) is -3.19. The van der Waals surface area contributed by atoms with Gasteiger partial charge in [-0.3, -0.25) is 9.48 Å². The Morgan fingerprint density at radius 1 is 1.38 bits per heavy atom. The molecule has 0 aromatic carbocycles. The summed E-state index contributed by atoms with van der Waals surface area (Å²) in [5, 5.41) is 4.20. The predicted molar refractivity (Wildman–Crippen MR) is 88.4 cm³/mol. The van der Waals surface area contributed by atoms with Gasteiger partial charge in [0.05, 0.1) is 23.7 Å². The zero-order chi connectivity index (χ0) is 17.3. The van der Waals surface area contributed by atoms with Gasteiger partial charge in [-0.15, -0.1) is 0 Å². The van der Waals surface area contributed by atoms with Gasteiger partial charge < -0.3 is 9.32 Å². The van der Waals surface area contributed by atoms with Crippen LogP contribution in [-0.4, -0.2) is 47.1 Å². The van der Waals surface area contributed by atoms with E-state index in [1.165, 1.54) is 0 Å². The molecule has 1 aliphatic heterocycles. The predicted octanol–water partition coefficient (Wildman–Crippen LogP) is 1.67. The second-order valence-electron chi connectivity index (χ2n) is 5.88. The van der Waals surface area contributed by atoms with Gasteiger partial charge in [-0.25, -0.2) is 8.42 Å². The molecule has 7 nitrogen and oxygen atoms in total. The van der Waals surface area contributed by atoms with Crippen LogP contribution in [0.15, 0.2) is 28.9 Å². The van der Waals surface area contributed by atoms with Crippen molar-refractivity contribution in [1.29, 1.82) is 0 Å². The molecule has 1 fully saturated rings. The first-order chi connectivity index (χ1) is 11.4. The monoisotopic (exact) mass is 351 g/mol. The van der Waals surface area contributed by atoms with Crippen LogP contribution in [0.2, 0.25) is 0 Å². The van der Waals surface area contributed by atoms with E-state index in [-0.39, 0.29) is 29.7 Å². The Kier molecular flexibility index (Phi) is 4.49. The van der Waals surface area contributed by atoms with Gasteiger partial charge in [0.25, 0.3) is 5.91 Å². The quantitative estimate of drug-likeness (QED) is 0.836. The highest BCUT2D eigenvalue weighted by molar-refractivity contribution is 7.91. The first-order valence-electron chi connectivity index (χ1n) is 8.06. The Hall–Kier alpha value is -2.09. The molecule has 0 N–H and O–H groups in total. The Morgan fingerprint density at radius 3 is 2.79 bits per heavy atom. The number of carbonyl (C=O) groups is 1. The number of aromatic nitrogens is 2. The molecule has 0 radical (unpaired) electrons. The molecule has 24 heavy (non-hydrogen) atoms. The molecule has 8 heteroatoms. The molecule has 2 aromatic rings. The third kappa shape index (κ3) is 3.24. The van der Waals surface area contributed by atoms with Crippen molar-refractivity contribution in [2.75, 3.05) is 18.1 Å². The first kappa shape index (κ1) is 16.8. The summed E-state index contributed by atoms with van der Waals surface area (Å²) in [4.78, 5) is 14.4. The van der Waals surface area contributed by atoms with Crippen molar-refractivity contribution < 1.29 is 17.6 Å². The van der Waals surface area contributed by atoms with Gasteiger partial charge >= 0.3 is 0 Å². The second-order valence-corrected chi connectivity index (χ2v) is 8.11. The van der Waals surface area contributed by atoms with Crippen LogP contribution in [0.3, 0.4) is 0 Å². The van der Waals surface area contributed by atoms with Crippen LogP contribution in [0.5, 0.6) is 0 Å². The number of nitrogens with zero attached hydrogens (tertiary/aromatic N) is 3. The van der Waals surface area contributed by atoms with E-state index in [9.17, 15) is 13.2 Å². The summed E-state index contributed by atoms with van der Waals surface area (Å²) in [6, 6.07) is 2.89. The molecule has 0 saturated carbocycles. The maximum atomic E-state index is 12.8. The molecule has 0 spiro atoms. The molecule has 0 aliphatic carbocycles. The minimum atomic E-state index is -3.19.